The number of rotatable bonds is 2. The van der Waals surface area contributed by atoms with Gasteiger partial charge in [0, 0.05) is 0 Å². The second kappa shape index (κ2) is 4.06. The van der Waals surface area contributed by atoms with Crippen molar-refractivity contribution in [2.45, 2.75) is 13.5 Å². The lowest BCUT2D eigenvalue weighted by molar-refractivity contribution is -0.656. The van der Waals surface area contributed by atoms with E-state index < -0.39 is 0 Å². The zero-order valence-electron chi connectivity index (χ0n) is 9.85. The van der Waals surface area contributed by atoms with Gasteiger partial charge in [0.2, 0.25) is 0 Å². The smallest absolute Gasteiger partial charge is 0.236 e. The minimum atomic E-state index is 0.967. The fourth-order valence-electron chi connectivity index (χ4n) is 2.28. The number of benzene rings is 2. The number of nitrogens with zero attached hydrogens (tertiary/aromatic N) is 1. The maximum atomic E-state index is 3.49. The van der Waals surface area contributed by atoms with Crippen LogP contribution < -0.4 is 4.57 Å². The summed E-state index contributed by atoms with van der Waals surface area (Å²) in [5.41, 5.74) is 3.67. The highest BCUT2D eigenvalue weighted by Crippen LogP contribution is 2.18. The van der Waals surface area contributed by atoms with E-state index in [1.807, 2.05) is 6.07 Å². The molecule has 0 spiro atoms. The molecule has 1 N–H and O–H groups in total. The van der Waals surface area contributed by atoms with Gasteiger partial charge >= 0.3 is 0 Å². The van der Waals surface area contributed by atoms with Crippen LogP contribution in [0.4, 0.5) is 0 Å². The van der Waals surface area contributed by atoms with E-state index in [1.165, 1.54) is 22.4 Å². The summed E-state index contributed by atoms with van der Waals surface area (Å²) in [6, 6.07) is 18.9. The third-order valence-corrected chi connectivity index (χ3v) is 3.08. The predicted molar refractivity (Wildman–Crippen MR) is 69.6 cm³/mol. The summed E-state index contributed by atoms with van der Waals surface area (Å²) in [5.74, 6) is 1.18. The van der Waals surface area contributed by atoms with Crippen molar-refractivity contribution in [3.05, 3.63) is 54.6 Å². The third-order valence-electron chi connectivity index (χ3n) is 3.08. The summed E-state index contributed by atoms with van der Waals surface area (Å²) < 4.78 is 2.31. The Labute approximate surface area is 101 Å². The fourth-order valence-corrected chi connectivity index (χ4v) is 2.28. The highest BCUT2D eigenvalue weighted by molar-refractivity contribution is 5.74. The van der Waals surface area contributed by atoms with Gasteiger partial charge in [0.25, 0.3) is 5.82 Å². The molecule has 0 atom stereocenters. The van der Waals surface area contributed by atoms with Crippen LogP contribution in [0.3, 0.4) is 0 Å². The molecule has 0 bridgehead atoms. The maximum absolute atomic E-state index is 3.49. The number of aromatic nitrogens is 2. The van der Waals surface area contributed by atoms with Crippen molar-refractivity contribution in [3.8, 4) is 11.4 Å². The van der Waals surface area contributed by atoms with Gasteiger partial charge in [-0.25, -0.2) is 9.55 Å². The summed E-state index contributed by atoms with van der Waals surface area (Å²) in [6.07, 6.45) is 0. The fraction of sp³-hybridized carbons (Fsp3) is 0.133. The van der Waals surface area contributed by atoms with Gasteiger partial charge in [-0.1, -0.05) is 30.3 Å². The summed E-state index contributed by atoms with van der Waals surface area (Å²) in [5, 5.41) is 0. The van der Waals surface area contributed by atoms with Gasteiger partial charge in [-0.3, -0.25) is 0 Å². The Balaban J connectivity index is 2.30. The topological polar surface area (TPSA) is 19.7 Å². The molecule has 2 aromatic carbocycles. The van der Waals surface area contributed by atoms with Crippen LogP contribution in [0, 0.1) is 0 Å². The largest absolute Gasteiger partial charge is 0.287 e. The first-order chi connectivity index (χ1) is 8.40. The Morgan fingerprint density at radius 1 is 0.941 bits per heavy atom. The number of aryl methyl sites for hydroxylation is 1. The molecule has 2 heteroatoms. The molecule has 0 aliphatic rings. The van der Waals surface area contributed by atoms with E-state index in [1.54, 1.807) is 0 Å². The Bertz CT molecular complexity index is 638. The van der Waals surface area contributed by atoms with Gasteiger partial charge in [0.1, 0.15) is 0 Å². The van der Waals surface area contributed by atoms with E-state index in [0.717, 1.165) is 6.54 Å². The molecule has 0 unspecified atom stereocenters. The quantitative estimate of drug-likeness (QED) is 0.644. The first kappa shape index (κ1) is 10.1. The summed E-state index contributed by atoms with van der Waals surface area (Å²) in [7, 11) is 0. The number of hydrogen-bond donors (Lipinski definition) is 1. The van der Waals surface area contributed by atoms with E-state index in [0.29, 0.717) is 0 Å². The van der Waals surface area contributed by atoms with Crippen LogP contribution in [-0.2, 0) is 6.54 Å². The highest BCUT2D eigenvalue weighted by Gasteiger charge is 2.17. The van der Waals surface area contributed by atoms with E-state index in [9.17, 15) is 0 Å². The first-order valence-corrected chi connectivity index (χ1v) is 5.96. The molecule has 3 rings (SSSR count). The summed E-state index contributed by atoms with van der Waals surface area (Å²) >= 11 is 0. The lowest BCUT2D eigenvalue weighted by Crippen LogP contribution is -2.33. The molecule has 3 aromatic rings. The molecule has 0 amide bonds. The van der Waals surface area contributed by atoms with Crippen LogP contribution >= 0.6 is 0 Å². The molecular formula is C15H15N2+. The Morgan fingerprint density at radius 2 is 1.65 bits per heavy atom. The van der Waals surface area contributed by atoms with Crippen molar-refractivity contribution in [2.75, 3.05) is 0 Å². The van der Waals surface area contributed by atoms with Crippen LogP contribution in [0.15, 0.2) is 54.6 Å². The molecule has 17 heavy (non-hydrogen) atoms. The molecular weight excluding hydrogens is 208 g/mol. The van der Waals surface area contributed by atoms with Crippen LogP contribution in [0.5, 0.6) is 0 Å². The Hall–Kier alpha value is -2.09. The average Bonchev–Trinajstić information content (AvgIpc) is 2.78. The number of para-hydroxylation sites is 2. The minimum Gasteiger partial charge on any atom is -0.236 e. The molecule has 0 radical (unpaired) electrons. The third kappa shape index (κ3) is 1.62. The standard InChI is InChI=1S/C15H14N2/c1-2-17-14-11-7-6-10-13(14)16-15(17)12-8-4-3-5-9-12/h3-11H,2H2,1H3/p+1. The molecule has 0 saturated carbocycles. The van der Waals surface area contributed by atoms with Crippen molar-refractivity contribution in [1.29, 1.82) is 0 Å². The molecule has 0 fully saturated rings. The second-order valence-corrected chi connectivity index (χ2v) is 4.10. The number of H-pyrrole nitrogens is 1. The molecule has 2 nitrogen and oxygen atoms in total. The van der Waals surface area contributed by atoms with E-state index >= 15 is 0 Å². The molecule has 1 aromatic heterocycles. The number of imidazole rings is 1. The zero-order valence-corrected chi connectivity index (χ0v) is 9.85. The number of hydrogen-bond acceptors (Lipinski definition) is 0. The Kier molecular flexibility index (Phi) is 2.41. The van der Waals surface area contributed by atoms with Gasteiger partial charge in [-0.05, 0) is 31.2 Å². The molecule has 1 heterocycles. The minimum absolute atomic E-state index is 0.967. The second-order valence-electron chi connectivity index (χ2n) is 4.10. The van der Waals surface area contributed by atoms with Crippen molar-refractivity contribution >= 4 is 11.0 Å². The molecule has 84 valence electrons. The lowest BCUT2D eigenvalue weighted by atomic mass is 10.2. The van der Waals surface area contributed by atoms with Crippen molar-refractivity contribution in [2.24, 2.45) is 0 Å². The van der Waals surface area contributed by atoms with Gasteiger partial charge in [-0.2, -0.15) is 0 Å². The van der Waals surface area contributed by atoms with Crippen LogP contribution in [0.25, 0.3) is 22.4 Å². The van der Waals surface area contributed by atoms with E-state index in [4.69, 9.17) is 0 Å². The highest BCUT2D eigenvalue weighted by atomic mass is 15.1. The molecule has 0 saturated heterocycles. The van der Waals surface area contributed by atoms with E-state index in [2.05, 4.69) is 65.0 Å². The lowest BCUT2D eigenvalue weighted by Gasteiger charge is -1.97. The van der Waals surface area contributed by atoms with E-state index in [-0.39, 0.29) is 0 Å². The van der Waals surface area contributed by atoms with Crippen LogP contribution in [-0.4, -0.2) is 4.98 Å². The van der Waals surface area contributed by atoms with Crippen LogP contribution in [0.2, 0.25) is 0 Å². The van der Waals surface area contributed by atoms with Gasteiger partial charge in [0.15, 0.2) is 11.0 Å². The molecule has 0 aliphatic heterocycles. The van der Waals surface area contributed by atoms with Gasteiger partial charge in [-0.15, -0.1) is 0 Å². The van der Waals surface area contributed by atoms with Crippen molar-refractivity contribution in [3.63, 3.8) is 0 Å². The first-order valence-electron chi connectivity index (χ1n) is 5.96. The van der Waals surface area contributed by atoms with Gasteiger partial charge < -0.3 is 0 Å². The van der Waals surface area contributed by atoms with Gasteiger partial charge in [0.05, 0.1) is 12.1 Å². The summed E-state index contributed by atoms with van der Waals surface area (Å²) in [4.78, 5) is 3.49. The SMILES string of the molecule is CC[n+]1c(-c2ccccc2)[nH]c2ccccc21. The monoisotopic (exact) mass is 223 g/mol. The number of nitrogens with one attached hydrogen (secondary N) is 1. The number of fused-ring (bicyclic) bond motifs is 1. The zero-order chi connectivity index (χ0) is 11.7. The van der Waals surface area contributed by atoms with Crippen molar-refractivity contribution < 1.29 is 4.57 Å². The Morgan fingerprint density at radius 3 is 2.41 bits per heavy atom. The number of aromatic amines is 1. The summed E-state index contributed by atoms with van der Waals surface area (Å²) in [6.45, 7) is 3.14. The predicted octanol–water partition coefficient (Wildman–Crippen LogP) is 3.14. The average molecular weight is 223 g/mol. The normalized spacial score (nSPS) is 10.9. The van der Waals surface area contributed by atoms with Crippen molar-refractivity contribution in [1.82, 2.24) is 4.98 Å². The maximum Gasteiger partial charge on any atom is 0.287 e. The molecule has 0 aliphatic carbocycles. The van der Waals surface area contributed by atoms with Crippen LogP contribution in [0.1, 0.15) is 6.92 Å².